The van der Waals surface area contributed by atoms with Crippen molar-refractivity contribution in [3.8, 4) is 0 Å². The molecule has 0 saturated heterocycles. The molecule has 1 amide bonds. The Bertz CT molecular complexity index is 434. The maximum absolute atomic E-state index is 12.1. The number of nitrogens with one attached hydrogen (secondary N) is 1. The van der Waals surface area contributed by atoms with Crippen molar-refractivity contribution < 1.29 is 4.79 Å². The fourth-order valence-electron chi connectivity index (χ4n) is 2.03. The zero-order chi connectivity index (χ0) is 15.7. The molecule has 1 N–H and O–H groups in total. The molecular formula is C16H28N4O. The molecule has 0 saturated carbocycles. The van der Waals surface area contributed by atoms with Gasteiger partial charge >= 0.3 is 0 Å². The molecule has 0 aromatic carbocycles. The maximum atomic E-state index is 12.1. The molecule has 0 aliphatic rings. The standard InChI is InChI=1S/C16H28N4O/c1-5-14-7-8-18-15(11-14)12-17-13-16(21)20(6-2)10-9-19(3)4/h7-8,11,17H,5-6,9-10,12-13H2,1-4H3. The molecule has 5 heteroatoms. The molecule has 5 nitrogen and oxygen atoms in total. The van der Waals surface area contributed by atoms with E-state index in [4.69, 9.17) is 0 Å². The molecular weight excluding hydrogens is 264 g/mol. The molecule has 1 aromatic rings. The molecule has 0 spiro atoms. The number of carbonyl (C=O) groups excluding carboxylic acids is 1. The molecule has 118 valence electrons. The summed E-state index contributed by atoms with van der Waals surface area (Å²) in [4.78, 5) is 20.4. The molecule has 0 atom stereocenters. The highest BCUT2D eigenvalue weighted by Crippen LogP contribution is 2.02. The molecule has 0 radical (unpaired) electrons. The first kappa shape index (κ1) is 17.6. The van der Waals surface area contributed by atoms with Gasteiger partial charge in [-0.25, -0.2) is 0 Å². The third-order valence-corrected chi connectivity index (χ3v) is 3.42. The summed E-state index contributed by atoms with van der Waals surface area (Å²) in [7, 11) is 4.03. The third-order valence-electron chi connectivity index (χ3n) is 3.42. The zero-order valence-electron chi connectivity index (χ0n) is 13.7. The summed E-state index contributed by atoms with van der Waals surface area (Å²) in [6.07, 6.45) is 2.83. The second-order valence-electron chi connectivity index (χ2n) is 5.39. The van der Waals surface area contributed by atoms with Crippen LogP contribution in [0.3, 0.4) is 0 Å². The Kier molecular flexibility index (Phi) is 7.93. The number of hydrogen-bond acceptors (Lipinski definition) is 4. The van der Waals surface area contributed by atoms with Gasteiger partial charge in [-0.2, -0.15) is 0 Å². The molecule has 1 aromatic heterocycles. The predicted molar refractivity (Wildman–Crippen MR) is 86.1 cm³/mol. The minimum atomic E-state index is 0.144. The highest BCUT2D eigenvalue weighted by atomic mass is 16.2. The summed E-state index contributed by atoms with van der Waals surface area (Å²) in [5.41, 5.74) is 2.26. The van der Waals surface area contributed by atoms with E-state index in [-0.39, 0.29) is 5.91 Å². The summed E-state index contributed by atoms with van der Waals surface area (Å²) in [6.45, 7) is 7.54. The molecule has 21 heavy (non-hydrogen) atoms. The average molecular weight is 292 g/mol. The molecule has 0 aliphatic carbocycles. The average Bonchev–Trinajstić information content (AvgIpc) is 2.48. The van der Waals surface area contributed by atoms with E-state index >= 15 is 0 Å². The van der Waals surface area contributed by atoms with E-state index in [1.165, 1.54) is 5.56 Å². The minimum Gasteiger partial charge on any atom is -0.341 e. The number of rotatable bonds is 9. The van der Waals surface area contributed by atoms with Gasteiger partial charge < -0.3 is 15.1 Å². The topological polar surface area (TPSA) is 48.5 Å². The smallest absolute Gasteiger partial charge is 0.236 e. The van der Waals surface area contributed by atoms with Gasteiger partial charge in [0, 0.05) is 32.4 Å². The number of hydrogen-bond donors (Lipinski definition) is 1. The van der Waals surface area contributed by atoms with Crippen LogP contribution >= 0.6 is 0 Å². The number of carbonyl (C=O) groups is 1. The lowest BCUT2D eigenvalue weighted by molar-refractivity contribution is -0.130. The molecule has 1 heterocycles. The summed E-state index contributed by atoms with van der Waals surface area (Å²) in [5.74, 6) is 0.144. The van der Waals surface area contributed by atoms with Crippen molar-refractivity contribution in [3.05, 3.63) is 29.6 Å². The van der Waals surface area contributed by atoms with Gasteiger partial charge in [-0.1, -0.05) is 6.92 Å². The van der Waals surface area contributed by atoms with Crippen LogP contribution in [-0.4, -0.2) is 61.0 Å². The monoisotopic (exact) mass is 292 g/mol. The van der Waals surface area contributed by atoms with Gasteiger partial charge in [-0.05, 0) is 45.1 Å². The van der Waals surface area contributed by atoms with Gasteiger partial charge in [0.1, 0.15) is 0 Å². The van der Waals surface area contributed by atoms with E-state index in [2.05, 4.69) is 28.2 Å². The van der Waals surface area contributed by atoms with Crippen LogP contribution in [0.1, 0.15) is 25.1 Å². The number of pyridine rings is 1. The fraction of sp³-hybridized carbons (Fsp3) is 0.625. The van der Waals surface area contributed by atoms with Crippen molar-refractivity contribution in [1.82, 2.24) is 20.1 Å². The first-order chi connectivity index (χ1) is 10.1. The first-order valence-corrected chi connectivity index (χ1v) is 7.63. The molecule has 0 bridgehead atoms. The number of amides is 1. The van der Waals surface area contributed by atoms with Crippen LogP contribution in [-0.2, 0) is 17.8 Å². The van der Waals surface area contributed by atoms with E-state index in [9.17, 15) is 4.79 Å². The zero-order valence-corrected chi connectivity index (χ0v) is 13.7. The van der Waals surface area contributed by atoms with Gasteiger partial charge in [0.25, 0.3) is 0 Å². The first-order valence-electron chi connectivity index (χ1n) is 7.63. The highest BCUT2D eigenvalue weighted by Gasteiger charge is 2.11. The summed E-state index contributed by atoms with van der Waals surface area (Å²) >= 11 is 0. The van der Waals surface area contributed by atoms with E-state index in [1.807, 2.05) is 38.2 Å². The Morgan fingerprint density at radius 3 is 2.67 bits per heavy atom. The number of aromatic nitrogens is 1. The Hall–Kier alpha value is -1.46. The Balaban J connectivity index is 2.37. The van der Waals surface area contributed by atoms with E-state index in [0.29, 0.717) is 13.1 Å². The van der Waals surface area contributed by atoms with Crippen molar-refractivity contribution in [3.63, 3.8) is 0 Å². The highest BCUT2D eigenvalue weighted by molar-refractivity contribution is 5.78. The SMILES string of the molecule is CCc1ccnc(CNCC(=O)N(CC)CCN(C)C)c1. The van der Waals surface area contributed by atoms with Gasteiger partial charge in [0.05, 0.1) is 12.2 Å². The van der Waals surface area contributed by atoms with E-state index in [1.54, 1.807) is 0 Å². The van der Waals surface area contributed by atoms with Gasteiger partial charge in [0.15, 0.2) is 0 Å². The summed E-state index contributed by atoms with van der Waals surface area (Å²) < 4.78 is 0. The van der Waals surface area contributed by atoms with Crippen molar-refractivity contribution in [2.75, 3.05) is 40.3 Å². The second-order valence-corrected chi connectivity index (χ2v) is 5.39. The number of aryl methyl sites for hydroxylation is 1. The van der Waals surface area contributed by atoms with Crippen LogP contribution in [0.25, 0.3) is 0 Å². The second kappa shape index (κ2) is 9.47. The molecule has 1 rings (SSSR count). The van der Waals surface area contributed by atoms with Crippen LogP contribution in [0.15, 0.2) is 18.3 Å². The van der Waals surface area contributed by atoms with E-state index in [0.717, 1.165) is 31.7 Å². The molecule has 0 fully saturated rings. The lowest BCUT2D eigenvalue weighted by Crippen LogP contribution is -2.41. The quantitative estimate of drug-likeness (QED) is 0.741. The summed E-state index contributed by atoms with van der Waals surface area (Å²) in [6, 6.07) is 4.11. The van der Waals surface area contributed by atoms with Crippen LogP contribution in [0.2, 0.25) is 0 Å². The minimum absolute atomic E-state index is 0.144. The van der Waals surface area contributed by atoms with Crippen LogP contribution in [0.5, 0.6) is 0 Å². The number of nitrogens with zero attached hydrogens (tertiary/aromatic N) is 3. The Labute approximate surface area is 128 Å². The maximum Gasteiger partial charge on any atom is 0.236 e. The fourth-order valence-corrected chi connectivity index (χ4v) is 2.03. The molecule has 0 aliphatic heterocycles. The van der Waals surface area contributed by atoms with Crippen molar-refractivity contribution in [2.45, 2.75) is 26.8 Å². The van der Waals surface area contributed by atoms with Crippen LogP contribution in [0, 0.1) is 0 Å². The van der Waals surface area contributed by atoms with Gasteiger partial charge in [-0.15, -0.1) is 0 Å². The number of likely N-dealkylation sites (N-methyl/N-ethyl adjacent to an activating group) is 2. The van der Waals surface area contributed by atoms with E-state index < -0.39 is 0 Å². The lowest BCUT2D eigenvalue weighted by atomic mass is 10.2. The van der Waals surface area contributed by atoms with Crippen molar-refractivity contribution in [1.29, 1.82) is 0 Å². The normalized spacial score (nSPS) is 10.9. The van der Waals surface area contributed by atoms with Crippen LogP contribution in [0.4, 0.5) is 0 Å². The van der Waals surface area contributed by atoms with Crippen LogP contribution < -0.4 is 5.32 Å². The Morgan fingerprint density at radius 2 is 2.05 bits per heavy atom. The third kappa shape index (κ3) is 6.69. The largest absolute Gasteiger partial charge is 0.341 e. The molecule has 0 unspecified atom stereocenters. The van der Waals surface area contributed by atoms with Crippen molar-refractivity contribution >= 4 is 5.91 Å². The van der Waals surface area contributed by atoms with Gasteiger partial charge in [-0.3, -0.25) is 9.78 Å². The van der Waals surface area contributed by atoms with Gasteiger partial charge in [0.2, 0.25) is 5.91 Å². The Morgan fingerprint density at radius 1 is 1.29 bits per heavy atom. The summed E-state index contributed by atoms with van der Waals surface area (Å²) in [5, 5.41) is 3.19. The van der Waals surface area contributed by atoms with Crippen molar-refractivity contribution in [2.24, 2.45) is 0 Å². The predicted octanol–water partition coefficient (Wildman–Crippen LogP) is 1.14. The lowest BCUT2D eigenvalue weighted by Gasteiger charge is -2.23.